The summed E-state index contributed by atoms with van der Waals surface area (Å²) in [5.74, 6) is -28.4. The summed E-state index contributed by atoms with van der Waals surface area (Å²) in [4.78, 5) is 276. The summed E-state index contributed by atoms with van der Waals surface area (Å²) in [7, 11) is 0.935. The fraction of sp³-hybridized carbons (Fsp3) is 0.611. The molecule has 43 heteroatoms. The first kappa shape index (κ1) is 97.3. The third kappa shape index (κ3) is 34.1. The zero-order valence-corrected chi connectivity index (χ0v) is 65.1. The highest BCUT2D eigenvalue weighted by Gasteiger charge is 2.42. The van der Waals surface area contributed by atoms with Crippen molar-refractivity contribution in [2.24, 2.45) is 29.0 Å². The number of aliphatic hydroxyl groups excluding tert-OH is 1. The Morgan fingerprint density at radius 2 is 1.17 bits per heavy atom. The van der Waals surface area contributed by atoms with Crippen LogP contribution in [0.4, 0.5) is 0 Å². The topological polar surface area (TPSA) is 693 Å². The van der Waals surface area contributed by atoms with Gasteiger partial charge >= 0.3 is 29.8 Å². The molecule has 1 fully saturated rings. The minimum Gasteiger partial charge on any atom is -0.481 e. The molecule has 0 saturated carbocycles. The predicted octanol–water partition coefficient (Wildman–Crippen LogP) is -5.45. The van der Waals surface area contributed by atoms with Gasteiger partial charge in [-0.05, 0) is 82.4 Å². The number of carbonyl (C=O) groups is 20. The molecule has 1 aliphatic heterocycles. The average molecular weight is 1630 g/mol. The van der Waals surface area contributed by atoms with Gasteiger partial charge in [-0.1, -0.05) is 84.4 Å². The Bertz CT molecular complexity index is 3820. The Morgan fingerprint density at radius 1 is 0.583 bits per heavy atom. The van der Waals surface area contributed by atoms with E-state index in [0.717, 1.165) is 46.6 Å². The van der Waals surface area contributed by atoms with Crippen LogP contribution >= 0.6 is 0 Å². The third-order valence-corrected chi connectivity index (χ3v) is 18.7. The third-order valence-electron chi connectivity index (χ3n) is 18.7. The molecule has 0 spiro atoms. The number of hydrogen-bond acceptors (Lipinski definition) is 23. The number of aliphatic hydroxyl groups is 1. The van der Waals surface area contributed by atoms with Crippen molar-refractivity contribution in [1.82, 2.24) is 73.7 Å². The van der Waals surface area contributed by atoms with Crippen molar-refractivity contribution in [2.75, 3.05) is 26.7 Å². The minimum absolute atomic E-state index is 0.00143. The highest BCUT2D eigenvalue weighted by Crippen LogP contribution is 2.21. The summed E-state index contributed by atoms with van der Waals surface area (Å²) in [6.07, 6.45) is -5.39. The lowest BCUT2D eigenvalue weighted by Crippen LogP contribution is -2.62. The lowest BCUT2D eigenvalue weighted by Gasteiger charge is -2.32. The van der Waals surface area contributed by atoms with Crippen LogP contribution in [0.5, 0.6) is 0 Å². The number of unbranched alkanes of at least 4 members (excludes halogenated alkanes) is 4. The molecule has 24 N–H and O–H groups in total. The number of aliphatic carboxylic acids is 4. The lowest BCUT2D eigenvalue weighted by atomic mass is 9.98. The van der Waals surface area contributed by atoms with Crippen molar-refractivity contribution in [3.8, 4) is 0 Å². The number of carboxylic acid groups (broad SMARTS) is 4. The molecule has 638 valence electrons. The fourth-order valence-electron chi connectivity index (χ4n) is 11.7. The van der Waals surface area contributed by atoms with Gasteiger partial charge in [0, 0.05) is 49.8 Å². The molecule has 0 radical (unpaired) electrons. The SMILES string of the molecule is CCC(C)CCCCCCC(=O)NC(Cc1c[nH]c2ccccc12)C(=O)NC(CCC(=O)O)C(=O)NC(CC(N)=O)C(=O)NC1C(=O)N(C)CC(=O)NC(C)C(=O)NC(CC(=O)O)C(=O)NC(CCCCN)C(=O)NC(C(O)C(=O)O)C(=O)NCC(=O)NC(CC(N)=O)C(=O)NC(CCC(=O)O)C(=O)NC(C(C)CC)C(=O)OC1C. The van der Waals surface area contributed by atoms with Crippen molar-refractivity contribution >= 4 is 129 Å². The number of likely N-dealkylation sites (N-methyl/N-ethyl adjacent to an activating group) is 1. The Hall–Kier alpha value is -11.9. The number of rotatable bonds is 37. The number of benzene rings is 1. The predicted molar refractivity (Wildman–Crippen MR) is 402 cm³/mol. The van der Waals surface area contributed by atoms with E-state index in [1.807, 2.05) is 16.0 Å². The molecule has 115 heavy (non-hydrogen) atoms. The molecular formula is C72H109N17O26. The first-order valence-corrected chi connectivity index (χ1v) is 37.5. The summed E-state index contributed by atoms with van der Waals surface area (Å²) >= 11 is 0. The molecule has 2 heterocycles. The van der Waals surface area contributed by atoms with Crippen LogP contribution < -0.4 is 81.0 Å². The van der Waals surface area contributed by atoms with Crippen LogP contribution in [0.1, 0.15) is 163 Å². The second-order valence-corrected chi connectivity index (χ2v) is 28.1. The number of hydrogen-bond donors (Lipinski definition) is 21. The van der Waals surface area contributed by atoms with Crippen molar-refractivity contribution in [3.05, 3.63) is 36.0 Å². The van der Waals surface area contributed by atoms with Gasteiger partial charge in [-0.2, -0.15) is 0 Å². The van der Waals surface area contributed by atoms with Crippen LogP contribution in [-0.2, 0) is 107 Å². The average Bonchev–Trinajstić information content (AvgIpc) is 1.64. The largest absolute Gasteiger partial charge is 0.481 e. The molecule has 2 aromatic rings. The van der Waals surface area contributed by atoms with Gasteiger partial charge in [-0.15, -0.1) is 0 Å². The number of para-hydroxylation sites is 1. The maximum absolute atomic E-state index is 14.9. The standard InChI is InChI=1S/C72H109N17O26/c1-8-35(3)18-12-10-11-13-22-51(92)79-45(28-39-32-76-41-20-15-14-19-40(39)41)65(106)82-43(23-25-54(95)96)62(103)85-47(30-50(75)91)68(109)87-58-38(6)115-72(114)57(36(4)9-2)86-64(105)44(24-26-55(97)98)83-66(107)46(29-49(74)90)80-52(93)33-77-69(110)59(60(101)71(112)113)88-63(104)42(21-16-17-27-73)81-67(108)48(31-56(99)100)84-61(102)37(5)78-53(94)34-89(7)70(58)111/h14-15,19-20,32,35-38,42-48,57-60,76,101H,8-13,16-18,21-31,33-34,73H2,1-7H3,(H2,74,90)(H2,75,91)(H,77,110)(H,78,94)(H,79,92)(H,80,93)(H,81,108)(H,82,106)(H,83,107)(H,84,102)(H,85,103)(H,86,105)(H,87,109)(H,88,104)(H,95,96)(H,97,98)(H,99,100)(H,112,113). The van der Waals surface area contributed by atoms with Crippen molar-refractivity contribution < 1.29 is 126 Å². The Morgan fingerprint density at radius 3 is 1.76 bits per heavy atom. The molecule has 1 saturated heterocycles. The molecule has 43 nitrogen and oxygen atoms in total. The highest BCUT2D eigenvalue weighted by molar-refractivity contribution is 6.02. The van der Waals surface area contributed by atoms with Crippen LogP contribution in [0.25, 0.3) is 10.9 Å². The Labute approximate surface area is 660 Å². The Kier molecular flexibility index (Phi) is 41.3. The van der Waals surface area contributed by atoms with E-state index < -0.39 is 267 Å². The van der Waals surface area contributed by atoms with E-state index in [4.69, 9.17) is 21.9 Å². The van der Waals surface area contributed by atoms with E-state index in [1.165, 1.54) is 13.8 Å². The number of aromatic amines is 1. The molecule has 15 atom stereocenters. The van der Waals surface area contributed by atoms with Crippen molar-refractivity contribution in [1.29, 1.82) is 0 Å². The van der Waals surface area contributed by atoms with E-state index in [0.29, 0.717) is 40.1 Å². The summed E-state index contributed by atoms with van der Waals surface area (Å²) in [5.41, 5.74) is 17.9. The van der Waals surface area contributed by atoms with Gasteiger partial charge < -0.3 is 121 Å². The highest BCUT2D eigenvalue weighted by atomic mass is 16.5. The zero-order valence-electron chi connectivity index (χ0n) is 65.1. The molecule has 15 amide bonds. The Balaban J connectivity index is 2.24. The van der Waals surface area contributed by atoms with E-state index >= 15 is 0 Å². The number of nitrogens with two attached hydrogens (primary N) is 3. The number of amides is 15. The molecule has 3 rings (SSSR count). The van der Waals surface area contributed by atoms with Crippen LogP contribution in [-0.4, -0.2) is 259 Å². The van der Waals surface area contributed by atoms with Gasteiger partial charge in [0.25, 0.3) is 0 Å². The van der Waals surface area contributed by atoms with E-state index in [9.17, 15) is 121 Å². The van der Waals surface area contributed by atoms with Gasteiger partial charge in [0.1, 0.15) is 72.6 Å². The number of H-pyrrole nitrogens is 1. The molecule has 0 aliphatic carbocycles. The van der Waals surface area contributed by atoms with E-state index in [1.54, 1.807) is 30.5 Å². The van der Waals surface area contributed by atoms with Gasteiger partial charge in [0.2, 0.25) is 88.6 Å². The number of esters is 1. The van der Waals surface area contributed by atoms with Gasteiger partial charge in [0.05, 0.1) is 32.4 Å². The quantitative estimate of drug-likeness (QED) is 0.0222. The van der Waals surface area contributed by atoms with Crippen LogP contribution in [0, 0.1) is 11.8 Å². The summed E-state index contributed by atoms with van der Waals surface area (Å²) in [5, 5.41) is 77.1. The normalized spacial score (nSPS) is 21.9. The lowest BCUT2D eigenvalue weighted by molar-refractivity contribution is -0.159. The monoisotopic (exact) mass is 1630 g/mol. The van der Waals surface area contributed by atoms with Gasteiger partial charge in [0.15, 0.2) is 6.10 Å². The number of fused-ring (bicyclic) bond motifs is 1. The number of ether oxygens (including phenoxy) is 1. The number of aromatic nitrogens is 1. The van der Waals surface area contributed by atoms with Crippen molar-refractivity contribution in [3.63, 3.8) is 0 Å². The van der Waals surface area contributed by atoms with Crippen molar-refractivity contribution in [2.45, 2.75) is 242 Å². The molecule has 0 bridgehead atoms. The second-order valence-electron chi connectivity index (χ2n) is 28.1. The number of carboxylic acids is 4. The van der Waals surface area contributed by atoms with E-state index in [-0.39, 0.29) is 38.6 Å². The van der Waals surface area contributed by atoms with Crippen LogP contribution in [0.3, 0.4) is 0 Å². The number of nitrogens with zero attached hydrogens (tertiary/aromatic N) is 1. The maximum Gasteiger partial charge on any atom is 0.335 e. The van der Waals surface area contributed by atoms with Crippen LogP contribution in [0.2, 0.25) is 0 Å². The number of cyclic esters (lactones) is 1. The number of primary amides is 2. The molecule has 1 aromatic carbocycles. The second kappa shape index (κ2) is 48.9. The molecule has 1 aromatic heterocycles. The summed E-state index contributed by atoms with van der Waals surface area (Å²) in [6, 6.07) is -15.1. The number of carbonyl (C=O) groups excluding carboxylic acids is 16. The minimum atomic E-state index is -2.83. The molecular weight excluding hydrogens is 1520 g/mol. The molecule has 15 unspecified atom stereocenters. The summed E-state index contributed by atoms with van der Waals surface area (Å²) in [6.45, 7) is 6.76. The zero-order chi connectivity index (χ0) is 86.5. The van der Waals surface area contributed by atoms with Gasteiger partial charge in [-0.25, -0.2) is 9.59 Å². The molecule has 1 aliphatic rings. The van der Waals surface area contributed by atoms with E-state index in [2.05, 4.69) is 66.7 Å². The fourth-order valence-corrected chi connectivity index (χ4v) is 11.7. The number of nitrogens with one attached hydrogen (secondary N) is 13. The van der Waals surface area contributed by atoms with Crippen LogP contribution in [0.15, 0.2) is 30.5 Å². The maximum atomic E-state index is 14.9. The smallest absolute Gasteiger partial charge is 0.335 e. The van der Waals surface area contributed by atoms with Gasteiger partial charge in [-0.3, -0.25) is 86.3 Å². The first-order chi connectivity index (χ1) is 54.1. The summed E-state index contributed by atoms with van der Waals surface area (Å²) < 4.78 is 5.78. The first-order valence-electron chi connectivity index (χ1n) is 37.5.